The molecule has 2 aliphatic rings. The molecule has 0 radical (unpaired) electrons. The van der Waals surface area contributed by atoms with Crippen molar-refractivity contribution in [3.8, 4) is 0 Å². The van der Waals surface area contributed by atoms with Crippen LogP contribution in [0.2, 0.25) is 0 Å². The van der Waals surface area contributed by atoms with E-state index in [0.717, 1.165) is 25.6 Å². The highest BCUT2D eigenvalue weighted by atomic mass is 15.2. The van der Waals surface area contributed by atoms with Crippen LogP contribution in [0.25, 0.3) is 0 Å². The average Bonchev–Trinajstić information content (AvgIpc) is 3.23. The first-order valence-corrected chi connectivity index (χ1v) is 11.2. The SMILES string of the molecule is CN=C(NCCCCN1CCCC1)NC1CCN(Cc2ccccc2)C(C)C1. The van der Waals surface area contributed by atoms with Gasteiger partial charge >= 0.3 is 0 Å². The largest absolute Gasteiger partial charge is 0.356 e. The Morgan fingerprint density at radius 1 is 1.11 bits per heavy atom. The Morgan fingerprint density at radius 3 is 2.61 bits per heavy atom. The Hall–Kier alpha value is -1.59. The van der Waals surface area contributed by atoms with E-state index in [2.05, 4.69) is 62.7 Å². The summed E-state index contributed by atoms with van der Waals surface area (Å²) in [6, 6.07) is 11.9. The number of unbranched alkanes of at least 4 members (excludes halogenated alkanes) is 1. The number of aliphatic imine (C=N–C) groups is 1. The molecule has 1 aromatic carbocycles. The van der Waals surface area contributed by atoms with Crippen LogP contribution in [0.15, 0.2) is 35.3 Å². The molecule has 2 atom stereocenters. The third-order valence-corrected chi connectivity index (χ3v) is 6.20. The van der Waals surface area contributed by atoms with Crippen LogP contribution in [0.3, 0.4) is 0 Å². The summed E-state index contributed by atoms with van der Waals surface area (Å²) < 4.78 is 0. The normalized spacial score (nSPS) is 24.4. The Morgan fingerprint density at radius 2 is 1.89 bits per heavy atom. The van der Waals surface area contributed by atoms with Crippen LogP contribution in [-0.4, -0.2) is 67.6 Å². The Labute approximate surface area is 171 Å². The predicted molar refractivity (Wildman–Crippen MR) is 119 cm³/mol. The van der Waals surface area contributed by atoms with E-state index < -0.39 is 0 Å². The summed E-state index contributed by atoms with van der Waals surface area (Å²) in [7, 11) is 1.88. The number of likely N-dealkylation sites (tertiary alicyclic amines) is 2. The van der Waals surface area contributed by atoms with Crippen LogP contribution in [0.5, 0.6) is 0 Å². The number of piperidine rings is 1. The molecule has 28 heavy (non-hydrogen) atoms. The zero-order valence-corrected chi connectivity index (χ0v) is 17.9. The number of hydrogen-bond acceptors (Lipinski definition) is 3. The topological polar surface area (TPSA) is 42.9 Å². The molecule has 5 nitrogen and oxygen atoms in total. The van der Waals surface area contributed by atoms with Gasteiger partial charge in [0.15, 0.2) is 5.96 Å². The summed E-state index contributed by atoms with van der Waals surface area (Å²) in [4.78, 5) is 9.63. The number of benzene rings is 1. The first kappa shape index (κ1) is 21.1. The van der Waals surface area contributed by atoms with Gasteiger partial charge in [0, 0.05) is 38.8 Å². The summed E-state index contributed by atoms with van der Waals surface area (Å²) in [5, 5.41) is 7.17. The van der Waals surface area contributed by atoms with Gasteiger partial charge in [0.25, 0.3) is 0 Å². The second-order valence-corrected chi connectivity index (χ2v) is 8.43. The molecule has 0 spiro atoms. The minimum Gasteiger partial charge on any atom is -0.356 e. The maximum absolute atomic E-state index is 4.44. The van der Waals surface area contributed by atoms with Crippen LogP contribution < -0.4 is 10.6 Å². The van der Waals surface area contributed by atoms with Crippen molar-refractivity contribution < 1.29 is 0 Å². The van der Waals surface area contributed by atoms with Crippen LogP contribution in [-0.2, 0) is 6.54 Å². The molecule has 1 aromatic rings. The highest BCUT2D eigenvalue weighted by Gasteiger charge is 2.25. The zero-order valence-electron chi connectivity index (χ0n) is 17.9. The van der Waals surface area contributed by atoms with E-state index >= 15 is 0 Å². The summed E-state index contributed by atoms with van der Waals surface area (Å²) in [6.45, 7) is 9.42. The number of nitrogens with one attached hydrogen (secondary N) is 2. The van der Waals surface area contributed by atoms with Gasteiger partial charge in [-0.15, -0.1) is 0 Å². The standard InChI is InChI=1S/C23H39N5/c1-20-18-22(12-17-28(20)19-21-10-4-3-5-11-21)26-23(24-2)25-13-6-7-14-27-15-8-9-16-27/h3-5,10-11,20,22H,6-9,12-19H2,1-2H3,(H2,24,25,26). The number of nitrogens with zero attached hydrogens (tertiary/aromatic N) is 3. The van der Waals surface area contributed by atoms with Crippen molar-refractivity contribution in [3.05, 3.63) is 35.9 Å². The molecule has 0 bridgehead atoms. The fourth-order valence-electron chi connectivity index (χ4n) is 4.47. The van der Waals surface area contributed by atoms with Gasteiger partial charge in [0.1, 0.15) is 0 Å². The van der Waals surface area contributed by atoms with E-state index in [9.17, 15) is 0 Å². The molecule has 2 unspecified atom stereocenters. The second-order valence-electron chi connectivity index (χ2n) is 8.43. The van der Waals surface area contributed by atoms with Gasteiger partial charge in [-0.3, -0.25) is 9.89 Å². The van der Waals surface area contributed by atoms with E-state index in [1.165, 1.54) is 63.7 Å². The number of rotatable bonds is 8. The van der Waals surface area contributed by atoms with Gasteiger partial charge in [-0.1, -0.05) is 30.3 Å². The first-order valence-electron chi connectivity index (χ1n) is 11.2. The van der Waals surface area contributed by atoms with Crippen molar-refractivity contribution in [2.45, 2.75) is 64.1 Å². The van der Waals surface area contributed by atoms with E-state index in [1.54, 1.807) is 0 Å². The monoisotopic (exact) mass is 385 g/mol. The lowest BCUT2D eigenvalue weighted by molar-refractivity contribution is 0.134. The molecule has 156 valence electrons. The van der Waals surface area contributed by atoms with Gasteiger partial charge in [0.05, 0.1) is 0 Å². The van der Waals surface area contributed by atoms with Crippen molar-refractivity contribution in [2.24, 2.45) is 4.99 Å². The van der Waals surface area contributed by atoms with Gasteiger partial charge in [0.2, 0.25) is 0 Å². The van der Waals surface area contributed by atoms with Crippen molar-refractivity contribution in [1.82, 2.24) is 20.4 Å². The number of hydrogen-bond donors (Lipinski definition) is 2. The highest BCUT2D eigenvalue weighted by molar-refractivity contribution is 5.79. The molecular weight excluding hydrogens is 346 g/mol. The van der Waals surface area contributed by atoms with Crippen LogP contribution in [0.1, 0.15) is 51.0 Å². The Bertz CT molecular complexity index is 582. The predicted octanol–water partition coefficient (Wildman–Crippen LogP) is 3.08. The van der Waals surface area contributed by atoms with Crippen molar-refractivity contribution >= 4 is 5.96 Å². The fourth-order valence-corrected chi connectivity index (χ4v) is 4.47. The molecule has 2 fully saturated rings. The van der Waals surface area contributed by atoms with Gasteiger partial charge in [-0.25, -0.2) is 0 Å². The summed E-state index contributed by atoms with van der Waals surface area (Å²) >= 11 is 0. The lowest BCUT2D eigenvalue weighted by Gasteiger charge is -2.38. The van der Waals surface area contributed by atoms with Crippen molar-refractivity contribution in [1.29, 1.82) is 0 Å². The zero-order chi connectivity index (χ0) is 19.6. The quantitative estimate of drug-likeness (QED) is 0.410. The minimum atomic E-state index is 0.512. The molecule has 2 saturated heterocycles. The lowest BCUT2D eigenvalue weighted by Crippen LogP contribution is -2.51. The van der Waals surface area contributed by atoms with E-state index in [4.69, 9.17) is 0 Å². The second kappa shape index (κ2) is 11.4. The molecular formula is C23H39N5. The van der Waals surface area contributed by atoms with Crippen molar-refractivity contribution in [3.63, 3.8) is 0 Å². The van der Waals surface area contributed by atoms with E-state index in [0.29, 0.717) is 12.1 Å². The molecule has 0 amide bonds. The lowest BCUT2D eigenvalue weighted by atomic mass is 9.97. The minimum absolute atomic E-state index is 0.512. The highest BCUT2D eigenvalue weighted by Crippen LogP contribution is 2.19. The third kappa shape index (κ3) is 6.78. The first-order chi connectivity index (χ1) is 13.7. The molecule has 2 N–H and O–H groups in total. The van der Waals surface area contributed by atoms with Crippen molar-refractivity contribution in [2.75, 3.05) is 39.8 Å². The van der Waals surface area contributed by atoms with Crippen LogP contribution >= 0.6 is 0 Å². The fraction of sp³-hybridized carbons (Fsp3) is 0.696. The molecule has 0 aliphatic carbocycles. The van der Waals surface area contributed by atoms with E-state index in [-0.39, 0.29) is 0 Å². The molecule has 3 rings (SSSR count). The maximum Gasteiger partial charge on any atom is 0.191 e. The van der Waals surface area contributed by atoms with Crippen LogP contribution in [0.4, 0.5) is 0 Å². The molecule has 5 heteroatoms. The molecule has 2 aliphatic heterocycles. The van der Waals surface area contributed by atoms with Gasteiger partial charge < -0.3 is 15.5 Å². The van der Waals surface area contributed by atoms with E-state index in [1.807, 2.05) is 7.05 Å². The summed E-state index contributed by atoms with van der Waals surface area (Å²) in [5.74, 6) is 0.967. The number of guanidine groups is 1. The van der Waals surface area contributed by atoms with Crippen LogP contribution in [0, 0.1) is 0 Å². The Kier molecular flexibility index (Phi) is 8.62. The Balaban J connectivity index is 1.32. The average molecular weight is 386 g/mol. The molecule has 2 heterocycles. The molecule has 0 aromatic heterocycles. The smallest absolute Gasteiger partial charge is 0.191 e. The molecule has 0 saturated carbocycles. The maximum atomic E-state index is 4.44. The van der Waals surface area contributed by atoms with Gasteiger partial charge in [-0.2, -0.15) is 0 Å². The third-order valence-electron chi connectivity index (χ3n) is 6.20. The summed E-state index contributed by atoms with van der Waals surface area (Å²) in [5.41, 5.74) is 1.41. The summed E-state index contributed by atoms with van der Waals surface area (Å²) in [6.07, 6.45) is 7.60. The van der Waals surface area contributed by atoms with Gasteiger partial charge in [-0.05, 0) is 70.6 Å².